The number of carbonyl (C=O) groups is 1. The van der Waals surface area contributed by atoms with E-state index in [9.17, 15) is 4.79 Å². The number of rotatable bonds is 6. The molecule has 0 spiro atoms. The summed E-state index contributed by atoms with van der Waals surface area (Å²) in [7, 11) is 0. The summed E-state index contributed by atoms with van der Waals surface area (Å²) in [5.74, 6) is 2.12. The van der Waals surface area contributed by atoms with Gasteiger partial charge in [-0.15, -0.1) is 34.2 Å². The minimum absolute atomic E-state index is 0. The predicted octanol–water partition coefficient (Wildman–Crippen LogP) is 3.12. The standard InChI is InChI=1S/C23H33N7O.HI/c1-2-24-23(25-15-21-28-26-17-30(21)20-11-7-4-8-12-20)27-19-13-14-29(16-19)22(31)18-9-5-3-6-10-18;/h4,7-8,11-12,17-19H,2-3,5-6,9-10,13-16H2,1H3,(H2,24,25,27);1H. The van der Waals surface area contributed by atoms with Crippen LogP contribution >= 0.6 is 24.0 Å². The number of benzene rings is 1. The zero-order valence-corrected chi connectivity index (χ0v) is 21.1. The average Bonchev–Trinajstić information content (AvgIpc) is 3.48. The highest BCUT2D eigenvalue weighted by Gasteiger charge is 2.31. The molecule has 174 valence electrons. The molecular formula is C23H34IN7O. The van der Waals surface area contributed by atoms with E-state index in [1.165, 1.54) is 19.3 Å². The van der Waals surface area contributed by atoms with Crippen LogP contribution in [0.1, 0.15) is 51.3 Å². The lowest BCUT2D eigenvalue weighted by atomic mass is 9.88. The number of nitrogens with zero attached hydrogens (tertiary/aromatic N) is 5. The van der Waals surface area contributed by atoms with Crippen LogP contribution < -0.4 is 10.6 Å². The molecule has 1 aliphatic carbocycles. The van der Waals surface area contributed by atoms with Gasteiger partial charge in [-0.25, -0.2) is 4.99 Å². The fourth-order valence-corrected chi connectivity index (χ4v) is 4.52. The van der Waals surface area contributed by atoms with Crippen molar-refractivity contribution >= 4 is 35.8 Å². The lowest BCUT2D eigenvalue weighted by Crippen LogP contribution is -2.45. The maximum Gasteiger partial charge on any atom is 0.225 e. The normalized spacial score (nSPS) is 19.5. The van der Waals surface area contributed by atoms with Crippen LogP contribution in [-0.4, -0.2) is 57.2 Å². The van der Waals surface area contributed by atoms with Crippen LogP contribution in [0.25, 0.3) is 5.69 Å². The Morgan fingerprint density at radius 1 is 1.16 bits per heavy atom. The quantitative estimate of drug-likeness (QED) is 0.328. The maximum absolute atomic E-state index is 12.8. The van der Waals surface area contributed by atoms with Crippen molar-refractivity contribution in [3.63, 3.8) is 0 Å². The van der Waals surface area contributed by atoms with Crippen LogP contribution in [0.5, 0.6) is 0 Å². The topological polar surface area (TPSA) is 87.4 Å². The summed E-state index contributed by atoms with van der Waals surface area (Å²) in [6.07, 6.45) is 8.43. The Bertz CT molecular complexity index is 879. The molecule has 1 saturated carbocycles. The summed E-state index contributed by atoms with van der Waals surface area (Å²) < 4.78 is 1.95. The molecule has 9 heteroatoms. The van der Waals surface area contributed by atoms with Gasteiger partial charge in [0.1, 0.15) is 12.9 Å². The average molecular weight is 551 g/mol. The monoisotopic (exact) mass is 551 g/mol. The van der Waals surface area contributed by atoms with E-state index >= 15 is 0 Å². The third-order valence-electron chi connectivity index (χ3n) is 6.17. The summed E-state index contributed by atoms with van der Waals surface area (Å²) >= 11 is 0. The van der Waals surface area contributed by atoms with Crippen molar-refractivity contribution in [3.8, 4) is 5.69 Å². The Morgan fingerprint density at radius 2 is 1.94 bits per heavy atom. The lowest BCUT2D eigenvalue weighted by molar-refractivity contribution is -0.135. The van der Waals surface area contributed by atoms with Gasteiger partial charge in [0.25, 0.3) is 0 Å². The first-order valence-electron chi connectivity index (χ1n) is 11.5. The Labute approximate surface area is 207 Å². The van der Waals surface area contributed by atoms with Gasteiger partial charge in [-0.2, -0.15) is 0 Å². The van der Waals surface area contributed by atoms with Gasteiger partial charge in [-0.1, -0.05) is 37.5 Å². The molecule has 4 rings (SSSR count). The highest BCUT2D eigenvalue weighted by atomic mass is 127. The van der Waals surface area contributed by atoms with Crippen molar-refractivity contribution in [1.82, 2.24) is 30.3 Å². The Morgan fingerprint density at radius 3 is 2.69 bits per heavy atom. The first-order valence-corrected chi connectivity index (χ1v) is 11.5. The maximum atomic E-state index is 12.8. The van der Waals surface area contributed by atoms with E-state index in [-0.39, 0.29) is 35.9 Å². The molecule has 0 bridgehead atoms. The first kappa shape index (κ1) is 24.5. The molecular weight excluding hydrogens is 517 g/mol. The number of carbonyl (C=O) groups excluding carboxylic acids is 1. The third kappa shape index (κ3) is 6.20. The Balaban J connectivity index is 0.00000289. The number of para-hydroxylation sites is 1. The van der Waals surface area contributed by atoms with Crippen LogP contribution in [0.2, 0.25) is 0 Å². The molecule has 2 fully saturated rings. The summed E-state index contributed by atoms with van der Waals surface area (Å²) in [5.41, 5.74) is 1.02. The van der Waals surface area contributed by atoms with E-state index in [0.29, 0.717) is 12.5 Å². The molecule has 1 aromatic heterocycles. The van der Waals surface area contributed by atoms with Crippen molar-refractivity contribution in [2.75, 3.05) is 19.6 Å². The first-order chi connectivity index (χ1) is 15.2. The molecule has 1 saturated heterocycles. The van der Waals surface area contributed by atoms with E-state index < -0.39 is 0 Å². The van der Waals surface area contributed by atoms with Crippen molar-refractivity contribution < 1.29 is 4.79 Å². The molecule has 1 aliphatic heterocycles. The smallest absolute Gasteiger partial charge is 0.225 e. The number of nitrogens with one attached hydrogen (secondary N) is 2. The van der Waals surface area contributed by atoms with Gasteiger partial charge in [-0.3, -0.25) is 9.36 Å². The Hall–Kier alpha value is -2.17. The third-order valence-corrected chi connectivity index (χ3v) is 6.17. The second kappa shape index (κ2) is 12.2. The molecule has 2 aliphatic rings. The molecule has 8 nitrogen and oxygen atoms in total. The lowest BCUT2D eigenvalue weighted by Gasteiger charge is -2.26. The molecule has 2 N–H and O–H groups in total. The van der Waals surface area contributed by atoms with Crippen molar-refractivity contribution in [2.45, 2.75) is 58.0 Å². The SMILES string of the molecule is CCNC(=NCc1nncn1-c1ccccc1)NC1CCN(C(=O)C2CCCCC2)C1.I. The second-order valence-corrected chi connectivity index (χ2v) is 8.40. The number of halogens is 1. The number of likely N-dealkylation sites (tertiary alicyclic amines) is 1. The minimum Gasteiger partial charge on any atom is -0.357 e. The number of hydrogen-bond donors (Lipinski definition) is 2. The molecule has 1 atom stereocenters. The number of amides is 1. The predicted molar refractivity (Wildman–Crippen MR) is 136 cm³/mol. The number of aliphatic imine (C=N–C) groups is 1. The van der Waals surface area contributed by atoms with Crippen LogP contribution in [0, 0.1) is 5.92 Å². The molecule has 1 aromatic carbocycles. The summed E-state index contributed by atoms with van der Waals surface area (Å²) in [4.78, 5) is 19.6. The summed E-state index contributed by atoms with van der Waals surface area (Å²) in [5, 5.41) is 15.1. The number of aromatic nitrogens is 3. The van der Waals surface area contributed by atoms with Crippen molar-refractivity contribution in [2.24, 2.45) is 10.9 Å². The molecule has 32 heavy (non-hydrogen) atoms. The van der Waals surface area contributed by atoms with E-state index in [1.54, 1.807) is 6.33 Å². The van der Waals surface area contributed by atoms with Crippen LogP contribution in [0.4, 0.5) is 0 Å². The fraction of sp³-hybridized carbons (Fsp3) is 0.565. The zero-order chi connectivity index (χ0) is 21.5. The Kier molecular flexibility index (Phi) is 9.31. The van der Waals surface area contributed by atoms with E-state index in [2.05, 4.69) is 27.8 Å². The van der Waals surface area contributed by atoms with Gasteiger partial charge in [0, 0.05) is 37.3 Å². The zero-order valence-electron chi connectivity index (χ0n) is 18.7. The summed E-state index contributed by atoms with van der Waals surface area (Å²) in [6, 6.07) is 10.2. The van der Waals surface area contributed by atoms with Gasteiger partial charge in [0.15, 0.2) is 11.8 Å². The second-order valence-electron chi connectivity index (χ2n) is 8.40. The number of guanidine groups is 1. The van der Waals surface area contributed by atoms with Gasteiger partial charge in [0.05, 0.1) is 0 Å². The molecule has 2 aromatic rings. The minimum atomic E-state index is 0. The fourth-order valence-electron chi connectivity index (χ4n) is 4.52. The summed E-state index contributed by atoms with van der Waals surface area (Å²) in [6.45, 7) is 4.82. The van der Waals surface area contributed by atoms with Gasteiger partial charge in [0.2, 0.25) is 5.91 Å². The van der Waals surface area contributed by atoms with Gasteiger partial charge in [-0.05, 0) is 38.3 Å². The molecule has 0 radical (unpaired) electrons. The van der Waals surface area contributed by atoms with E-state index in [4.69, 9.17) is 4.99 Å². The van der Waals surface area contributed by atoms with Crippen LogP contribution in [-0.2, 0) is 11.3 Å². The molecule has 1 amide bonds. The van der Waals surface area contributed by atoms with Crippen LogP contribution in [0.15, 0.2) is 41.7 Å². The largest absolute Gasteiger partial charge is 0.357 e. The van der Waals surface area contributed by atoms with Crippen molar-refractivity contribution in [3.05, 3.63) is 42.5 Å². The highest BCUT2D eigenvalue weighted by Crippen LogP contribution is 2.26. The van der Waals surface area contributed by atoms with Crippen LogP contribution in [0.3, 0.4) is 0 Å². The highest BCUT2D eigenvalue weighted by molar-refractivity contribution is 14.0. The molecule has 1 unspecified atom stereocenters. The number of hydrogen-bond acceptors (Lipinski definition) is 4. The van der Waals surface area contributed by atoms with Gasteiger partial charge >= 0.3 is 0 Å². The van der Waals surface area contributed by atoms with Crippen molar-refractivity contribution in [1.29, 1.82) is 0 Å². The van der Waals surface area contributed by atoms with E-state index in [1.807, 2.05) is 39.8 Å². The van der Waals surface area contributed by atoms with E-state index in [0.717, 1.165) is 56.4 Å². The van der Waals surface area contributed by atoms with Gasteiger partial charge < -0.3 is 15.5 Å². The molecule has 2 heterocycles.